The lowest BCUT2D eigenvalue weighted by molar-refractivity contribution is -0.140. The molecule has 0 aliphatic carbocycles. The van der Waals surface area contributed by atoms with Gasteiger partial charge in [-0.05, 0) is 17.5 Å². The molecule has 0 unspecified atom stereocenters. The largest absolute Gasteiger partial charge is 0.468 e. The van der Waals surface area contributed by atoms with Crippen LogP contribution >= 0.6 is 12.6 Å². The minimum Gasteiger partial charge on any atom is -0.468 e. The Balaban J connectivity index is 2.34. The lowest BCUT2D eigenvalue weighted by Gasteiger charge is -2.23. The second-order valence-corrected chi connectivity index (χ2v) is 5.52. The fourth-order valence-electron chi connectivity index (χ4n) is 2.23. The first kappa shape index (κ1) is 15.5. The van der Waals surface area contributed by atoms with Crippen molar-refractivity contribution in [3.8, 4) is 0 Å². The van der Waals surface area contributed by atoms with E-state index in [2.05, 4.69) is 31.2 Å². The Morgan fingerprint density at radius 1 is 1.43 bits per heavy atom. The van der Waals surface area contributed by atoms with Crippen molar-refractivity contribution < 1.29 is 14.3 Å². The summed E-state index contributed by atoms with van der Waals surface area (Å²) in [4.78, 5) is 14.0. The number of thiol groups is 1. The van der Waals surface area contributed by atoms with Gasteiger partial charge in [0.05, 0.1) is 7.11 Å². The van der Waals surface area contributed by atoms with Crippen molar-refractivity contribution in [3.05, 3.63) is 48.0 Å². The van der Waals surface area contributed by atoms with E-state index in [9.17, 15) is 4.79 Å². The summed E-state index contributed by atoms with van der Waals surface area (Å²) in [5.41, 5.74) is 2.11. The summed E-state index contributed by atoms with van der Waals surface area (Å²) < 4.78 is 10.3. The molecule has 1 aromatic rings. The molecule has 0 aromatic heterocycles. The number of hydrogen-bond acceptors (Lipinski definition) is 5. The fourth-order valence-corrected chi connectivity index (χ4v) is 2.69. The van der Waals surface area contributed by atoms with Gasteiger partial charge in [-0.25, -0.2) is 0 Å². The van der Waals surface area contributed by atoms with E-state index >= 15 is 0 Å². The summed E-state index contributed by atoms with van der Waals surface area (Å²) in [6.07, 6.45) is 5.05. The minimum atomic E-state index is -0.302. The maximum absolute atomic E-state index is 11.4. The summed E-state index contributed by atoms with van der Waals surface area (Å²) in [7, 11) is 1.37. The van der Waals surface area contributed by atoms with Gasteiger partial charge in [-0.1, -0.05) is 26.0 Å². The third-order valence-corrected chi connectivity index (χ3v) is 3.59. The van der Waals surface area contributed by atoms with Crippen molar-refractivity contribution in [2.45, 2.75) is 24.7 Å². The maximum Gasteiger partial charge on any atom is 0.325 e. The first-order valence-corrected chi connectivity index (χ1v) is 7.17. The number of esters is 1. The van der Waals surface area contributed by atoms with E-state index in [-0.39, 0.29) is 12.5 Å². The number of benzene rings is 1. The lowest BCUT2D eigenvalue weighted by atomic mass is 9.96. The van der Waals surface area contributed by atoms with Crippen molar-refractivity contribution in [1.29, 1.82) is 0 Å². The van der Waals surface area contributed by atoms with Gasteiger partial charge in [-0.2, -0.15) is 0 Å². The zero-order valence-corrected chi connectivity index (χ0v) is 13.3. The highest BCUT2D eigenvalue weighted by atomic mass is 32.1. The third kappa shape index (κ3) is 3.61. The minimum absolute atomic E-state index is 0.150. The Bertz CT molecular complexity index is 593. The van der Waals surface area contributed by atoms with Gasteiger partial charge in [-0.15, -0.1) is 12.6 Å². The van der Waals surface area contributed by atoms with Gasteiger partial charge in [0.2, 0.25) is 0 Å². The summed E-state index contributed by atoms with van der Waals surface area (Å²) in [6.45, 7) is 4.38. The van der Waals surface area contributed by atoms with E-state index in [1.807, 2.05) is 18.2 Å². The maximum atomic E-state index is 11.4. The van der Waals surface area contributed by atoms with Crippen molar-refractivity contribution in [1.82, 2.24) is 4.90 Å². The van der Waals surface area contributed by atoms with E-state index in [1.165, 1.54) is 7.11 Å². The Hall–Kier alpha value is -1.88. The number of hydrogen-bond donors (Lipinski definition) is 1. The zero-order chi connectivity index (χ0) is 15.4. The third-order valence-electron chi connectivity index (χ3n) is 3.20. The Morgan fingerprint density at radius 2 is 2.19 bits per heavy atom. The van der Waals surface area contributed by atoms with Crippen LogP contribution in [0.2, 0.25) is 0 Å². The van der Waals surface area contributed by atoms with Crippen molar-refractivity contribution >= 4 is 24.4 Å². The summed E-state index contributed by atoms with van der Waals surface area (Å²) in [6, 6.07) is 5.90. The molecule has 0 amide bonds. The fraction of sp³-hybridized carbons (Fsp3) is 0.312. The molecule has 0 radical (unpaired) electrons. The molecule has 2 rings (SSSR count). The quantitative estimate of drug-likeness (QED) is 0.684. The first-order chi connectivity index (χ1) is 10.0. The first-order valence-electron chi connectivity index (χ1n) is 6.73. The molecule has 1 heterocycles. The van der Waals surface area contributed by atoms with Gasteiger partial charge < -0.3 is 14.4 Å². The molecule has 4 nitrogen and oxygen atoms in total. The number of ether oxygens (including phenoxy) is 2. The highest BCUT2D eigenvalue weighted by Gasteiger charge is 2.18. The molecule has 0 saturated carbocycles. The van der Waals surface area contributed by atoms with E-state index in [0.717, 1.165) is 16.0 Å². The van der Waals surface area contributed by atoms with Gasteiger partial charge in [0, 0.05) is 22.9 Å². The SMILES string of the molecule is COC(=O)CN1C=COC(c2cccc(S)c2C(C)C)=C1. The number of rotatable bonds is 4. The van der Waals surface area contributed by atoms with Gasteiger partial charge in [0.15, 0.2) is 0 Å². The van der Waals surface area contributed by atoms with Crippen molar-refractivity contribution in [2.75, 3.05) is 13.7 Å². The van der Waals surface area contributed by atoms with Gasteiger partial charge in [0.1, 0.15) is 18.6 Å². The van der Waals surface area contributed by atoms with E-state index in [4.69, 9.17) is 4.74 Å². The Morgan fingerprint density at radius 3 is 2.86 bits per heavy atom. The van der Waals surface area contributed by atoms with Crippen LogP contribution in [0.3, 0.4) is 0 Å². The number of nitrogens with zero attached hydrogens (tertiary/aromatic N) is 1. The second kappa shape index (κ2) is 6.72. The van der Waals surface area contributed by atoms with Gasteiger partial charge in [0.25, 0.3) is 0 Å². The second-order valence-electron chi connectivity index (χ2n) is 5.04. The van der Waals surface area contributed by atoms with Crippen LogP contribution in [0.15, 0.2) is 41.8 Å². The van der Waals surface area contributed by atoms with E-state index in [1.54, 1.807) is 23.6 Å². The molecule has 0 N–H and O–H groups in total. The molecule has 0 atom stereocenters. The smallest absolute Gasteiger partial charge is 0.325 e. The normalized spacial score (nSPS) is 14.0. The summed E-state index contributed by atoms with van der Waals surface area (Å²) in [5.74, 6) is 0.711. The Kier molecular flexibility index (Phi) is 4.96. The molecule has 0 fully saturated rings. The van der Waals surface area contributed by atoms with Crippen LogP contribution in [-0.4, -0.2) is 24.5 Å². The van der Waals surface area contributed by atoms with Crippen LogP contribution in [0.25, 0.3) is 5.76 Å². The molecular weight excluding hydrogens is 286 g/mol. The molecule has 112 valence electrons. The van der Waals surface area contributed by atoms with Crippen LogP contribution in [0.1, 0.15) is 30.9 Å². The molecule has 21 heavy (non-hydrogen) atoms. The average molecular weight is 305 g/mol. The number of methoxy groups -OCH3 is 1. The van der Waals surface area contributed by atoms with E-state index < -0.39 is 0 Å². The van der Waals surface area contributed by atoms with Gasteiger partial charge in [-0.3, -0.25) is 4.79 Å². The molecule has 1 aromatic carbocycles. The molecular formula is C16H19NO3S. The van der Waals surface area contributed by atoms with Gasteiger partial charge >= 0.3 is 5.97 Å². The highest BCUT2D eigenvalue weighted by molar-refractivity contribution is 7.80. The molecule has 1 aliphatic heterocycles. The summed E-state index contributed by atoms with van der Waals surface area (Å²) in [5, 5.41) is 0. The molecule has 5 heteroatoms. The van der Waals surface area contributed by atoms with Crippen molar-refractivity contribution in [3.63, 3.8) is 0 Å². The summed E-state index contributed by atoms with van der Waals surface area (Å²) >= 11 is 4.53. The number of carbonyl (C=O) groups is 1. The monoisotopic (exact) mass is 305 g/mol. The Labute approximate surface area is 130 Å². The standard InChI is InChI=1S/C16H19NO3S/c1-11(2)16-12(5-4-6-14(16)21)13-9-17(7-8-20-13)10-15(18)19-3/h4-9,11,21H,10H2,1-3H3. The lowest BCUT2D eigenvalue weighted by Crippen LogP contribution is -2.23. The molecule has 0 saturated heterocycles. The van der Waals surface area contributed by atoms with Crippen LogP contribution < -0.4 is 0 Å². The van der Waals surface area contributed by atoms with E-state index in [0.29, 0.717) is 11.7 Å². The van der Waals surface area contributed by atoms with Crippen LogP contribution in [0.4, 0.5) is 0 Å². The van der Waals surface area contributed by atoms with Crippen LogP contribution in [0, 0.1) is 0 Å². The number of carbonyl (C=O) groups excluding carboxylic acids is 1. The average Bonchev–Trinajstić information content (AvgIpc) is 2.46. The van der Waals surface area contributed by atoms with Crippen molar-refractivity contribution in [2.24, 2.45) is 0 Å². The predicted molar refractivity (Wildman–Crippen MR) is 84.7 cm³/mol. The molecule has 0 spiro atoms. The molecule has 0 bridgehead atoms. The van der Waals surface area contributed by atoms with Crippen LogP contribution in [0.5, 0.6) is 0 Å². The van der Waals surface area contributed by atoms with Crippen LogP contribution in [-0.2, 0) is 14.3 Å². The highest BCUT2D eigenvalue weighted by Crippen LogP contribution is 2.32. The predicted octanol–water partition coefficient (Wildman–Crippen LogP) is 3.37. The molecule has 1 aliphatic rings. The topological polar surface area (TPSA) is 38.8 Å². The zero-order valence-electron chi connectivity index (χ0n) is 12.4.